The van der Waals surface area contributed by atoms with Crippen molar-refractivity contribution in [3.05, 3.63) is 49.1 Å². The maximum atomic E-state index is 5.19. The largest absolute Gasteiger partial charge is 0.497 e. The van der Waals surface area contributed by atoms with Crippen molar-refractivity contribution in [3.8, 4) is 5.75 Å². The zero-order valence-electron chi connectivity index (χ0n) is 11.1. The van der Waals surface area contributed by atoms with Gasteiger partial charge in [0.2, 0.25) is 0 Å². The van der Waals surface area contributed by atoms with Crippen LogP contribution in [0.1, 0.15) is 6.42 Å². The summed E-state index contributed by atoms with van der Waals surface area (Å²) in [5.41, 5.74) is 1.08. The van der Waals surface area contributed by atoms with Crippen molar-refractivity contribution in [2.75, 3.05) is 26.1 Å². The van der Waals surface area contributed by atoms with Crippen LogP contribution in [-0.4, -0.2) is 26.9 Å². The van der Waals surface area contributed by atoms with Gasteiger partial charge in [0, 0.05) is 19.3 Å². The molecule has 1 aromatic carbocycles. The lowest BCUT2D eigenvalue weighted by Crippen LogP contribution is -2.04. The van der Waals surface area contributed by atoms with Crippen molar-refractivity contribution in [1.82, 2.24) is 0 Å². The molecule has 1 atom stereocenters. The zero-order valence-corrected chi connectivity index (χ0v) is 11.1. The lowest BCUT2D eigenvalue weighted by molar-refractivity contribution is 0.144. The summed E-state index contributed by atoms with van der Waals surface area (Å²) in [6, 6.07) is 7.86. The van der Waals surface area contributed by atoms with Crippen molar-refractivity contribution in [2.24, 2.45) is 0 Å². The SMILES string of the molecule is C=CC(C/C=C/CNc1ccc(OC)cc1)OC. The third kappa shape index (κ3) is 5.06. The van der Waals surface area contributed by atoms with E-state index in [0.717, 1.165) is 24.4 Å². The monoisotopic (exact) mass is 247 g/mol. The number of rotatable bonds is 8. The Morgan fingerprint density at radius 1 is 1.22 bits per heavy atom. The molecular weight excluding hydrogens is 226 g/mol. The van der Waals surface area contributed by atoms with Crippen LogP contribution < -0.4 is 10.1 Å². The fourth-order valence-electron chi connectivity index (χ4n) is 1.49. The number of hydrogen-bond acceptors (Lipinski definition) is 3. The minimum atomic E-state index is 0.0993. The molecule has 0 amide bonds. The summed E-state index contributed by atoms with van der Waals surface area (Å²) < 4.78 is 10.3. The van der Waals surface area contributed by atoms with E-state index in [0.29, 0.717) is 0 Å². The van der Waals surface area contributed by atoms with Gasteiger partial charge >= 0.3 is 0 Å². The van der Waals surface area contributed by atoms with Gasteiger partial charge in [0.05, 0.1) is 13.2 Å². The Hall–Kier alpha value is -1.74. The van der Waals surface area contributed by atoms with Gasteiger partial charge in [0.25, 0.3) is 0 Å². The van der Waals surface area contributed by atoms with Crippen LogP contribution in [0.25, 0.3) is 0 Å². The number of anilines is 1. The molecule has 3 nitrogen and oxygen atoms in total. The first-order chi connectivity index (χ1) is 8.80. The second kappa shape index (κ2) is 8.37. The van der Waals surface area contributed by atoms with Gasteiger partial charge in [0.15, 0.2) is 0 Å². The van der Waals surface area contributed by atoms with Gasteiger partial charge < -0.3 is 14.8 Å². The van der Waals surface area contributed by atoms with E-state index >= 15 is 0 Å². The summed E-state index contributed by atoms with van der Waals surface area (Å²) in [4.78, 5) is 0. The normalized spacial score (nSPS) is 12.3. The van der Waals surface area contributed by atoms with E-state index in [9.17, 15) is 0 Å². The van der Waals surface area contributed by atoms with Crippen LogP contribution in [0.5, 0.6) is 5.75 Å². The summed E-state index contributed by atoms with van der Waals surface area (Å²) in [6.07, 6.45) is 6.93. The van der Waals surface area contributed by atoms with E-state index in [1.54, 1.807) is 20.3 Å². The molecule has 0 spiro atoms. The molecule has 0 bridgehead atoms. The number of ether oxygens (including phenoxy) is 2. The van der Waals surface area contributed by atoms with Crippen molar-refractivity contribution in [2.45, 2.75) is 12.5 Å². The maximum absolute atomic E-state index is 5.19. The highest BCUT2D eigenvalue weighted by Gasteiger charge is 1.96. The molecule has 1 aromatic rings. The fourth-order valence-corrected chi connectivity index (χ4v) is 1.49. The van der Waals surface area contributed by atoms with Crippen LogP contribution in [0.3, 0.4) is 0 Å². The molecule has 0 aliphatic carbocycles. The molecule has 18 heavy (non-hydrogen) atoms. The lowest BCUT2D eigenvalue weighted by atomic mass is 10.2. The van der Waals surface area contributed by atoms with Gasteiger partial charge in [-0.1, -0.05) is 18.2 Å². The van der Waals surface area contributed by atoms with Crippen LogP contribution in [0.4, 0.5) is 5.69 Å². The second-order valence-electron chi connectivity index (χ2n) is 3.83. The minimum absolute atomic E-state index is 0.0993. The highest BCUT2D eigenvalue weighted by Crippen LogP contribution is 2.14. The molecule has 98 valence electrons. The van der Waals surface area contributed by atoms with Gasteiger partial charge in [0.1, 0.15) is 5.75 Å². The summed E-state index contributed by atoms with van der Waals surface area (Å²) in [6.45, 7) is 4.50. The molecule has 0 radical (unpaired) electrons. The van der Waals surface area contributed by atoms with Crippen LogP contribution in [-0.2, 0) is 4.74 Å². The van der Waals surface area contributed by atoms with Crippen molar-refractivity contribution in [3.63, 3.8) is 0 Å². The topological polar surface area (TPSA) is 30.5 Å². The molecule has 0 fully saturated rings. The number of hydrogen-bond donors (Lipinski definition) is 1. The third-order valence-corrected chi connectivity index (χ3v) is 2.61. The minimum Gasteiger partial charge on any atom is -0.497 e. The predicted octanol–water partition coefficient (Wildman–Crippen LogP) is 3.25. The van der Waals surface area contributed by atoms with Gasteiger partial charge in [-0.05, 0) is 30.7 Å². The van der Waals surface area contributed by atoms with Gasteiger partial charge in [-0.15, -0.1) is 6.58 Å². The molecule has 3 heteroatoms. The first-order valence-electron chi connectivity index (χ1n) is 5.98. The molecular formula is C15H21NO2. The quantitative estimate of drug-likeness (QED) is 0.715. The molecule has 0 aromatic heterocycles. The van der Waals surface area contributed by atoms with Crippen LogP contribution in [0.15, 0.2) is 49.1 Å². The Balaban J connectivity index is 2.28. The maximum Gasteiger partial charge on any atom is 0.119 e. The Morgan fingerprint density at radius 3 is 2.50 bits per heavy atom. The van der Waals surface area contributed by atoms with Crippen LogP contribution in [0.2, 0.25) is 0 Å². The Labute approximate surface area is 109 Å². The van der Waals surface area contributed by atoms with E-state index in [1.807, 2.05) is 24.3 Å². The molecule has 0 saturated heterocycles. The van der Waals surface area contributed by atoms with Crippen molar-refractivity contribution < 1.29 is 9.47 Å². The number of methoxy groups -OCH3 is 2. The van der Waals surface area contributed by atoms with Crippen molar-refractivity contribution >= 4 is 5.69 Å². The fraction of sp³-hybridized carbons (Fsp3) is 0.333. The zero-order chi connectivity index (χ0) is 13.2. The van der Waals surface area contributed by atoms with Gasteiger partial charge in [-0.2, -0.15) is 0 Å². The molecule has 0 saturated carbocycles. The molecule has 1 N–H and O–H groups in total. The predicted molar refractivity (Wildman–Crippen MR) is 76.2 cm³/mol. The lowest BCUT2D eigenvalue weighted by Gasteiger charge is -2.07. The standard InChI is InChI=1S/C15H21NO2/c1-4-14(17-2)7-5-6-12-16-13-8-10-15(18-3)11-9-13/h4-6,8-11,14,16H,1,7,12H2,2-3H3/b6-5+. The molecule has 0 heterocycles. The smallest absolute Gasteiger partial charge is 0.119 e. The van der Waals surface area contributed by atoms with E-state index in [2.05, 4.69) is 24.0 Å². The average molecular weight is 247 g/mol. The van der Waals surface area contributed by atoms with E-state index in [4.69, 9.17) is 9.47 Å². The summed E-state index contributed by atoms with van der Waals surface area (Å²) >= 11 is 0. The molecule has 1 unspecified atom stereocenters. The van der Waals surface area contributed by atoms with Gasteiger partial charge in [-0.25, -0.2) is 0 Å². The number of nitrogens with one attached hydrogen (secondary N) is 1. The average Bonchev–Trinajstić information content (AvgIpc) is 2.43. The van der Waals surface area contributed by atoms with Crippen LogP contribution in [0, 0.1) is 0 Å². The Kier molecular flexibility index (Phi) is 6.66. The van der Waals surface area contributed by atoms with E-state index < -0.39 is 0 Å². The Bertz CT molecular complexity index is 371. The first-order valence-corrected chi connectivity index (χ1v) is 5.98. The first kappa shape index (κ1) is 14.3. The van der Waals surface area contributed by atoms with E-state index in [-0.39, 0.29) is 6.10 Å². The summed E-state index contributed by atoms with van der Waals surface area (Å²) in [5.74, 6) is 0.866. The second-order valence-corrected chi connectivity index (χ2v) is 3.83. The van der Waals surface area contributed by atoms with Crippen LogP contribution >= 0.6 is 0 Å². The molecule has 0 aliphatic rings. The van der Waals surface area contributed by atoms with E-state index in [1.165, 1.54) is 0 Å². The highest BCUT2D eigenvalue weighted by atomic mass is 16.5. The summed E-state index contributed by atoms with van der Waals surface area (Å²) in [5, 5.41) is 3.30. The third-order valence-electron chi connectivity index (χ3n) is 2.61. The van der Waals surface area contributed by atoms with Gasteiger partial charge in [-0.3, -0.25) is 0 Å². The molecule has 0 aliphatic heterocycles. The van der Waals surface area contributed by atoms with Crippen molar-refractivity contribution in [1.29, 1.82) is 0 Å². The molecule has 1 rings (SSSR count). The highest BCUT2D eigenvalue weighted by molar-refractivity contribution is 5.46. The number of benzene rings is 1. The summed E-state index contributed by atoms with van der Waals surface area (Å²) in [7, 11) is 3.35. The Morgan fingerprint density at radius 2 is 1.94 bits per heavy atom.